The van der Waals surface area contributed by atoms with E-state index in [1.54, 1.807) is 7.11 Å². The summed E-state index contributed by atoms with van der Waals surface area (Å²) in [5.74, 6) is -0.171. The van der Waals surface area contributed by atoms with E-state index >= 15 is 0 Å². The van der Waals surface area contributed by atoms with Gasteiger partial charge in [0.1, 0.15) is 11.8 Å². The van der Waals surface area contributed by atoms with E-state index in [-0.39, 0.29) is 5.75 Å². The summed E-state index contributed by atoms with van der Waals surface area (Å²) in [6, 6.07) is 6.10. The molecule has 8 heteroatoms. The summed E-state index contributed by atoms with van der Waals surface area (Å²) in [5.41, 5.74) is 5.26. The van der Waals surface area contributed by atoms with Crippen molar-refractivity contribution in [3.8, 4) is 5.75 Å². The molecule has 1 saturated heterocycles. The number of benzene rings is 1. The summed E-state index contributed by atoms with van der Waals surface area (Å²) in [6.45, 7) is 0.426. The zero-order valence-electron chi connectivity index (χ0n) is 12.8. The molecule has 0 aliphatic carbocycles. The number of rotatable bonds is 5. The lowest BCUT2D eigenvalue weighted by Gasteiger charge is -2.21. The third-order valence-electron chi connectivity index (χ3n) is 3.50. The molecule has 1 aliphatic heterocycles. The van der Waals surface area contributed by atoms with Gasteiger partial charge in [-0.2, -0.15) is 0 Å². The number of imide groups is 1. The fourth-order valence-corrected chi connectivity index (χ4v) is 3.12. The molecule has 1 aromatic carbocycles. The van der Waals surface area contributed by atoms with Crippen molar-refractivity contribution >= 4 is 29.6 Å². The first-order valence-corrected chi connectivity index (χ1v) is 8.16. The molecular weight excluding hydrogens is 318 g/mol. The lowest BCUT2D eigenvalue weighted by atomic mass is 10.2. The van der Waals surface area contributed by atoms with Crippen molar-refractivity contribution in [2.45, 2.75) is 23.8 Å². The van der Waals surface area contributed by atoms with E-state index in [1.165, 1.54) is 16.7 Å². The SMILES string of the molecule is COc1cccc(SCC(=O)NC(=O)N2CCC[C@H]2C(N)=O)c1. The van der Waals surface area contributed by atoms with E-state index in [0.717, 1.165) is 4.90 Å². The number of urea groups is 1. The van der Waals surface area contributed by atoms with Crippen molar-refractivity contribution < 1.29 is 19.1 Å². The number of nitrogens with zero attached hydrogens (tertiary/aromatic N) is 1. The Balaban J connectivity index is 1.84. The summed E-state index contributed by atoms with van der Waals surface area (Å²) in [6.07, 6.45) is 1.24. The van der Waals surface area contributed by atoms with Gasteiger partial charge in [-0.05, 0) is 31.0 Å². The number of hydrogen-bond donors (Lipinski definition) is 2. The average molecular weight is 337 g/mol. The van der Waals surface area contributed by atoms with E-state index in [2.05, 4.69) is 5.32 Å². The Morgan fingerprint density at radius 1 is 1.43 bits per heavy atom. The standard InChI is InChI=1S/C15H19N3O4S/c1-22-10-4-2-5-11(8-10)23-9-13(19)17-15(21)18-7-3-6-12(18)14(16)20/h2,4-5,8,12H,3,6-7,9H2,1H3,(H2,16,20)(H,17,19,21)/t12-/m0/s1. The van der Waals surface area contributed by atoms with Crippen LogP contribution in [0, 0.1) is 0 Å². The minimum absolute atomic E-state index is 0.0913. The van der Waals surface area contributed by atoms with Gasteiger partial charge in [0, 0.05) is 11.4 Å². The molecule has 1 fully saturated rings. The number of primary amides is 1. The van der Waals surface area contributed by atoms with Crippen molar-refractivity contribution in [1.29, 1.82) is 0 Å². The maximum Gasteiger partial charge on any atom is 0.324 e. The first-order valence-electron chi connectivity index (χ1n) is 7.18. The fraction of sp³-hybridized carbons (Fsp3) is 0.400. The minimum Gasteiger partial charge on any atom is -0.497 e. The first-order chi connectivity index (χ1) is 11.0. The molecule has 0 spiro atoms. The minimum atomic E-state index is -0.631. The summed E-state index contributed by atoms with van der Waals surface area (Å²) >= 11 is 1.30. The Morgan fingerprint density at radius 2 is 2.22 bits per heavy atom. The summed E-state index contributed by atoms with van der Waals surface area (Å²) in [7, 11) is 1.57. The van der Waals surface area contributed by atoms with E-state index in [0.29, 0.717) is 25.1 Å². The predicted molar refractivity (Wildman–Crippen MR) is 86.2 cm³/mol. The Kier molecular flexibility index (Phi) is 5.86. The Bertz CT molecular complexity index is 608. The Hall–Kier alpha value is -2.22. The van der Waals surface area contributed by atoms with Crippen molar-refractivity contribution in [3.63, 3.8) is 0 Å². The number of nitrogens with one attached hydrogen (secondary N) is 1. The number of hydrogen-bond acceptors (Lipinski definition) is 5. The molecule has 23 heavy (non-hydrogen) atoms. The Labute approximate surface area is 138 Å². The fourth-order valence-electron chi connectivity index (χ4n) is 2.37. The van der Waals surface area contributed by atoms with Crippen LogP contribution in [0.5, 0.6) is 5.75 Å². The van der Waals surface area contributed by atoms with E-state index < -0.39 is 23.9 Å². The highest BCUT2D eigenvalue weighted by atomic mass is 32.2. The van der Waals surface area contributed by atoms with Crippen molar-refractivity contribution in [3.05, 3.63) is 24.3 Å². The topological polar surface area (TPSA) is 102 Å². The Morgan fingerprint density at radius 3 is 2.91 bits per heavy atom. The second-order valence-electron chi connectivity index (χ2n) is 5.07. The monoisotopic (exact) mass is 337 g/mol. The third kappa shape index (κ3) is 4.62. The maximum atomic E-state index is 12.0. The van der Waals surface area contributed by atoms with Gasteiger partial charge in [0.15, 0.2) is 0 Å². The van der Waals surface area contributed by atoms with E-state index in [4.69, 9.17) is 10.5 Å². The highest BCUT2D eigenvalue weighted by molar-refractivity contribution is 8.00. The molecule has 7 nitrogen and oxygen atoms in total. The molecule has 3 N–H and O–H groups in total. The smallest absolute Gasteiger partial charge is 0.324 e. The molecule has 4 amide bonds. The van der Waals surface area contributed by atoms with Gasteiger partial charge in [0.2, 0.25) is 11.8 Å². The van der Waals surface area contributed by atoms with Crippen LogP contribution in [-0.4, -0.2) is 48.2 Å². The normalized spacial score (nSPS) is 16.9. The highest BCUT2D eigenvalue weighted by Crippen LogP contribution is 2.22. The molecular formula is C15H19N3O4S. The largest absolute Gasteiger partial charge is 0.497 e. The molecule has 2 rings (SSSR count). The molecule has 1 aliphatic rings. The zero-order valence-corrected chi connectivity index (χ0v) is 13.6. The molecule has 1 aromatic rings. The third-order valence-corrected chi connectivity index (χ3v) is 4.49. The van der Waals surface area contributed by atoms with Crippen LogP contribution in [0.25, 0.3) is 0 Å². The molecule has 0 aromatic heterocycles. The number of nitrogens with two attached hydrogens (primary N) is 1. The van der Waals surface area contributed by atoms with Crippen LogP contribution in [0.2, 0.25) is 0 Å². The van der Waals surface area contributed by atoms with Crippen LogP contribution in [0.15, 0.2) is 29.2 Å². The highest BCUT2D eigenvalue weighted by Gasteiger charge is 2.33. The zero-order chi connectivity index (χ0) is 16.8. The summed E-state index contributed by atoms with van der Waals surface area (Å²) in [5, 5.41) is 2.29. The molecule has 1 heterocycles. The second-order valence-corrected chi connectivity index (χ2v) is 6.12. The number of amides is 4. The molecule has 0 saturated carbocycles. The quantitative estimate of drug-likeness (QED) is 0.780. The van der Waals surface area contributed by atoms with Crippen LogP contribution >= 0.6 is 11.8 Å². The van der Waals surface area contributed by atoms with Crippen molar-refractivity contribution in [2.75, 3.05) is 19.4 Å². The number of carbonyl (C=O) groups excluding carboxylic acids is 3. The van der Waals surface area contributed by atoms with Gasteiger partial charge in [-0.1, -0.05) is 6.07 Å². The molecule has 0 bridgehead atoms. The van der Waals surface area contributed by atoms with Crippen LogP contribution in [0.4, 0.5) is 4.79 Å². The van der Waals surface area contributed by atoms with Crippen molar-refractivity contribution in [2.24, 2.45) is 5.73 Å². The van der Waals surface area contributed by atoms with Crippen LogP contribution in [0.1, 0.15) is 12.8 Å². The molecule has 1 atom stereocenters. The average Bonchev–Trinajstić information content (AvgIpc) is 3.03. The second kappa shape index (κ2) is 7.87. The number of carbonyl (C=O) groups is 3. The maximum absolute atomic E-state index is 12.0. The van der Waals surface area contributed by atoms with Crippen LogP contribution in [0.3, 0.4) is 0 Å². The number of ether oxygens (including phenoxy) is 1. The van der Waals surface area contributed by atoms with Crippen LogP contribution in [-0.2, 0) is 9.59 Å². The number of thioether (sulfide) groups is 1. The number of likely N-dealkylation sites (tertiary alicyclic amines) is 1. The van der Waals surface area contributed by atoms with Gasteiger partial charge in [0.05, 0.1) is 12.9 Å². The number of methoxy groups -OCH3 is 1. The van der Waals surface area contributed by atoms with Gasteiger partial charge < -0.3 is 15.4 Å². The molecule has 124 valence electrons. The van der Waals surface area contributed by atoms with Gasteiger partial charge in [-0.15, -0.1) is 11.8 Å². The lowest BCUT2D eigenvalue weighted by molar-refractivity contribution is -0.122. The van der Waals surface area contributed by atoms with Gasteiger partial charge in [-0.25, -0.2) is 4.79 Å². The van der Waals surface area contributed by atoms with Gasteiger partial charge >= 0.3 is 6.03 Å². The van der Waals surface area contributed by atoms with Gasteiger partial charge in [-0.3, -0.25) is 14.9 Å². The van der Waals surface area contributed by atoms with Gasteiger partial charge in [0.25, 0.3) is 0 Å². The summed E-state index contributed by atoms with van der Waals surface area (Å²) in [4.78, 5) is 37.4. The summed E-state index contributed by atoms with van der Waals surface area (Å²) < 4.78 is 5.11. The predicted octanol–water partition coefficient (Wildman–Crippen LogP) is 0.973. The first kappa shape index (κ1) is 17.1. The van der Waals surface area contributed by atoms with E-state index in [9.17, 15) is 14.4 Å². The van der Waals surface area contributed by atoms with E-state index in [1.807, 2.05) is 24.3 Å². The molecule has 0 radical (unpaired) electrons. The molecule has 0 unspecified atom stereocenters. The van der Waals surface area contributed by atoms with Crippen LogP contribution < -0.4 is 15.8 Å². The van der Waals surface area contributed by atoms with Crippen molar-refractivity contribution in [1.82, 2.24) is 10.2 Å². The lowest BCUT2D eigenvalue weighted by Crippen LogP contribution is -2.49.